The Morgan fingerprint density at radius 1 is 0.534 bits per heavy atom. The van der Waals surface area contributed by atoms with E-state index in [-0.39, 0.29) is 64.2 Å². The molecule has 3 aliphatic rings. The first kappa shape index (κ1) is 93.7. The summed E-state index contributed by atoms with van der Waals surface area (Å²) in [4.78, 5) is 13.4. The van der Waals surface area contributed by atoms with Gasteiger partial charge in [0.15, 0.2) is 12.4 Å². The summed E-state index contributed by atoms with van der Waals surface area (Å²) in [5.74, 6) is 3.72. The van der Waals surface area contributed by atoms with Crippen molar-refractivity contribution in [2.24, 2.45) is 0 Å². The molecule has 10 aromatic carbocycles. The van der Waals surface area contributed by atoms with Crippen LogP contribution in [0.4, 0.5) is 18.9 Å². The molecule has 17 rings (SSSR count). The van der Waals surface area contributed by atoms with Crippen LogP contribution >= 0.6 is 0 Å². The van der Waals surface area contributed by atoms with E-state index in [2.05, 4.69) is 269 Å². The van der Waals surface area contributed by atoms with Crippen LogP contribution in [0.5, 0.6) is 0 Å². The number of allylic oxidation sites excluding steroid dienone is 1. The molecule has 0 spiro atoms. The number of nitrogens with zero attached hydrogens (tertiary/aromatic N) is 7. The first-order valence-corrected chi connectivity index (χ1v) is 39.0. The summed E-state index contributed by atoms with van der Waals surface area (Å²) in [6.45, 7) is 22.1. The van der Waals surface area contributed by atoms with Crippen molar-refractivity contribution in [2.75, 3.05) is 46.4 Å². The molecular weight excluding hydrogens is 1960 g/mol. The minimum absolute atomic E-state index is 0. The summed E-state index contributed by atoms with van der Waals surface area (Å²) < 4.78 is 81.1. The van der Waals surface area contributed by atoms with Gasteiger partial charge >= 0.3 is 35.7 Å². The van der Waals surface area contributed by atoms with Gasteiger partial charge in [-0.3, -0.25) is 14.5 Å². The van der Waals surface area contributed by atoms with Crippen molar-refractivity contribution < 1.29 is 119 Å². The maximum absolute atomic E-state index is 10.7. The maximum atomic E-state index is 10.7. The number of para-hydroxylation sites is 3. The van der Waals surface area contributed by atoms with Gasteiger partial charge in [-0.25, -0.2) is 4.58 Å². The standard InChI is InChI=1S/2C27H27N2.C17H14NO.C16H12N2O.C4H8O.CHF3O3S.2CH4O.HI.2Ir/c2*1-19(2)24-17-23(21-11-7-5-8-12-21)18-25(20(3)4)26(24)29-16-15-28-27(29)22-13-9-6-10-14-22;1-18-10-9-12(11-18)13-6-4-7-15-14-5-2-3-8-16(14)19-17(13)15;1-17-9-10-18(11-17)14-7-4-6-13-12-5-2-3-8-15(12)19-16(13)14;1-2-4-5-3-1;2-1(3,4)8(5,6)7;2*1-2;;;/h2*5-13,15-20H,1-4H3;2-12H,1H3;2-6,8-11H,1H3;1-4H2;(H,5,6,7);2*2H,1H3;1H;;/q2*-1;+1;-2;;;;;;;+3/p-1. The number of rotatable bonds is 12. The summed E-state index contributed by atoms with van der Waals surface area (Å²) in [5, 5.41) is 18.7. The molecule has 1 fully saturated rings. The quantitative estimate of drug-likeness (QED) is 0.0348. The SMILES string of the molecule is C1CCOC1.CC(C)c1cc(-c2ccccc2)cc(C(C)C)c1-n1ccnc1-c1[c-]cccc1.CC(C)c1cc(-c2ccccc2)cc(C(C)C)c1-n1ccnc1-c1[c-]cccc1.CN1C=CN(c2[c-]ccc3c2oc2ccccc23)[CH-]1.CO.CO.C[N+]1=CC(c2cccc3c2oc2ccccc23)C=C1.O=S(=O)(O)C(F)(F)F.[I-].[Ir+3].[Ir]. The van der Waals surface area contributed by atoms with Gasteiger partial charge in [0.25, 0.3) is 0 Å². The van der Waals surface area contributed by atoms with Gasteiger partial charge in [-0.2, -0.15) is 46.5 Å². The molecule has 7 heterocycles. The van der Waals surface area contributed by atoms with Crippen molar-refractivity contribution in [3.63, 3.8) is 0 Å². The fraction of sp³-hybridized carbons (Fsp3) is 0.234. The van der Waals surface area contributed by atoms with Gasteiger partial charge in [0, 0.05) is 111 Å². The first-order valence-electron chi connectivity index (χ1n) is 37.5. The summed E-state index contributed by atoms with van der Waals surface area (Å²) in [5.41, 5.74) is 15.3. The predicted octanol–water partition coefficient (Wildman–Crippen LogP) is 19.6. The van der Waals surface area contributed by atoms with Crippen LogP contribution in [0.2, 0.25) is 0 Å². The zero-order valence-corrected chi connectivity index (χ0v) is 74.6. The summed E-state index contributed by atoms with van der Waals surface area (Å²) in [7, 11) is 0.206. The van der Waals surface area contributed by atoms with Crippen LogP contribution in [0.3, 0.4) is 0 Å². The van der Waals surface area contributed by atoms with Gasteiger partial charge in [-0.1, -0.05) is 182 Å². The number of anilines is 1. The Morgan fingerprint density at radius 3 is 1.33 bits per heavy atom. The van der Waals surface area contributed by atoms with E-state index in [1.165, 1.54) is 85.1 Å². The van der Waals surface area contributed by atoms with Crippen LogP contribution in [0, 0.1) is 24.9 Å². The minimum Gasteiger partial charge on any atom is -1.00 e. The van der Waals surface area contributed by atoms with E-state index in [0.717, 1.165) is 89.0 Å². The number of furan rings is 2. The van der Waals surface area contributed by atoms with Gasteiger partial charge in [0.2, 0.25) is 0 Å². The largest absolute Gasteiger partial charge is 3.00 e. The van der Waals surface area contributed by atoms with E-state index in [4.69, 9.17) is 36.8 Å². The zero-order chi connectivity index (χ0) is 80.9. The average Bonchev–Trinajstić information content (AvgIpc) is 1.50. The zero-order valence-electron chi connectivity index (χ0n) is 66.8. The number of aliphatic hydroxyl groups is 2. The predicted molar refractivity (Wildman–Crippen MR) is 451 cm³/mol. The molecule has 4 aromatic heterocycles. The molecule has 0 bridgehead atoms. The molecule has 116 heavy (non-hydrogen) atoms. The monoisotopic (exact) mass is 2050 g/mol. The van der Waals surface area contributed by atoms with E-state index in [1.54, 1.807) is 0 Å². The van der Waals surface area contributed by atoms with Crippen LogP contribution < -0.4 is 28.9 Å². The number of hydrogen-bond donors (Lipinski definition) is 3. The molecule has 0 amide bonds. The third-order valence-electron chi connectivity index (χ3n) is 18.9. The molecule has 3 aliphatic heterocycles. The van der Waals surface area contributed by atoms with Gasteiger partial charge in [-0.15, -0.1) is 71.8 Å². The fourth-order valence-electron chi connectivity index (χ4n) is 13.5. The Morgan fingerprint density at radius 2 is 0.948 bits per heavy atom. The number of ether oxygens (including phenoxy) is 1. The third kappa shape index (κ3) is 23.1. The summed E-state index contributed by atoms with van der Waals surface area (Å²) in [6.07, 6.45) is 21.0. The van der Waals surface area contributed by atoms with Gasteiger partial charge in [-0.05, 0) is 143 Å². The van der Waals surface area contributed by atoms with Crippen LogP contribution in [-0.4, -0.2) is 105 Å². The molecule has 0 saturated carbocycles. The molecule has 22 heteroatoms. The Hall–Kier alpha value is -9.42. The number of benzene rings is 10. The average molecular weight is 2050 g/mol. The molecule has 1 unspecified atom stereocenters. The van der Waals surface area contributed by atoms with Gasteiger partial charge < -0.3 is 66.7 Å². The van der Waals surface area contributed by atoms with Crippen molar-refractivity contribution in [3.05, 3.63) is 314 Å². The van der Waals surface area contributed by atoms with E-state index in [1.807, 2.05) is 127 Å². The van der Waals surface area contributed by atoms with Crippen molar-refractivity contribution in [1.29, 1.82) is 0 Å². The molecule has 3 N–H and O–H groups in total. The Balaban J connectivity index is 0.000000201. The summed E-state index contributed by atoms with van der Waals surface area (Å²) in [6, 6.07) is 83.4. The van der Waals surface area contributed by atoms with E-state index in [9.17, 15) is 13.2 Å². The normalized spacial score (nSPS) is 13.3. The maximum Gasteiger partial charge on any atom is 3.00 e. The third-order valence-corrected chi connectivity index (χ3v) is 19.5. The number of fused-ring (bicyclic) bond motifs is 6. The first-order chi connectivity index (χ1) is 54.5. The van der Waals surface area contributed by atoms with Crippen molar-refractivity contribution in [3.8, 4) is 56.4 Å². The molecule has 14 aromatic rings. The second-order valence-corrected chi connectivity index (χ2v) is 29.5. The smallest absolute Gasteiger partial charge is 1.00 e. The minimum atomic E-state index is -5.84. The topological polar surface area (TPSA) is 175 Å². The second-order valence-electron chi connectivity index (χ2n) is 28.0. The fourth-order valence-corrected chi connectivity index (χ4v) is 13.5. The number of alkyl halides is 3. The summed E-state index contributed by atoms with van der Waals surface area (Å²) >= 11 is 0. The number of halogens is 4. The van der Waals surface area contributed by atoms with Crippen molar-refractivity contribution in [1.82, 2.24) is 24.0 Å². The van der Waals surface area contributed by atoms with Crippen molar-refractivity contribution >= 4 is 65.9 Å². The Labute approximate surface area is 723 Å². The molecule has 15 nitrogen and oxygen atoms in total. The Bertz CT molecular complexity index is 5390. The van der Waals surface area contributed by atoms with Crippen molar-refractivity contribution in [2.45, 2.75) is 103 Å². The van der Waals surface area contributed by atoms with Gasteiger partial charge in [0.05, 0.1) is 17.6 Å². The van der Waals surface area contributed by atoms with E-state index < -0.39 is 15.6 Å². The second kappa shape index (κ2) is 44.2. The number of aliphatic hydroxyl groups excluding tert-OH is 2. The number of imidazole rings is 2. The molecule has 1 radical (unpaired) electrons. The molecule has 0 aliphatic carbocycles. The molecule has 609 valence electrons. The van der Waals surface area contributed by atoms with Crippen LogP contribution in [-0.2, 0) is 55.1 Å². The van der Waals surface area contributed by atoms with E-state index in [0.29, 0.717) is 29.6 Å². The molecule has 1 saturated heterocycles. The van der Waals surface area contributed by atoms with Crippen LogP contribution in [0.15, 0.2) is 271 Å². The molecule has 1 atom stereocenters. The van der Waals surface area contributed by atoms with Crippen LogP contribution in [0.1, 0.15) is 126 Å². The van der Waals surface area contributed by atoms with E-state index >= 15 is 0 Å². The Kier molecular flexibility index (Phi) is 35.7. The molecular formula is C94H97F3IIr2N7O8S-. The van der Waals surface area contributed by atoms with Crippen LogP contribution in [0.25, 0.3) is 100 Å². The van der Waals surface area contributed by atoms with Gasteiger partial charge in [0.1, 0.15) is 23.8 Å². The number of hydrogen-bond acceptors (Lipinski definition) is 11. The number of aromatic nitrogens is 4.